The number of carboxylic acids is 1. The van der Waals surface area contributed by atoms with Crippen LogP contribution in [0.3, 0.4) is 0 Å². The molecule has 15 heavy (non-hydrogen) atoms. The summed E-state index contributed by atoms with van der Waals surface area (Å²) < 4.78 is 0. The topological polar surface area (TPSA) is 63.3 Å². The van der Waals surface area contributed by atoms with Crippen LogP contribution in [0, 0.1) is 0 Å². The van der Waals surface area contributed by atoms with E-state index < -0.39 is 16.9 Å². The van der Waals surface area contributed by atoms with Crippen molar-refractivity contribution in [2.24, 2.45) is 5.73 Å². The second-order valence-corrected chi connectivity index (χ2v) is 4.50. The zero-order chi connectivity index (χ0) is 11.7. The molecular formula is C12H17NO2. The van der Waals surface area contributed by atoms with Gasteiger partial charge in [0.05, 0.1) is 0 Å². The van der Waals surface area contributed by atoms with Crippen LogP contribution in [0.1, 0.15) is 26.3 Å². The normalized spacial score (nSPS) is 15.7. The van der Waals surface area contributed by atoms with Gasteiger partial charge in [0, 0.05) is 5.41 Å². The van der Waals surface area contributed by atoms with Crippen LogP contribution < -0.4 is 5.73 Å². The predicted octanol–water partition coefficient (Wildman–Crippen LogP) is 1.77. The van der Waals surface area contributed by atoms with Gasteiger partial charge in [-0.3, -0.25) is 4.79 Å². The predicted molar refractivity (Wildman–Crippen MR) is 59.7 cm³/mol. The Hall–Kier alpha value is -1.35. The first-order chi connectivity index (χ1) is 6.80. The Morgan fingerprint density at radius 3 is 2.07 bits per heavy atom. The molecular weight excluding hydrogens is 190 g/mol. The molecule has 1 aromatic carbocycles. The summed E-state index contributed by atoms with van der Waals surface area (Å²) in [6, 6.07) is 9.46. The molecule has 0 saturated heterocycles. The number of carbonyl (C=O) groups is 1. The molecule has 0 aliphatic heterocycles. The van der Waals surface area contributed by atoms with Crippen LogP contribution in [0.25, 0.3) is 0 Å². The van der Waals surface area contributed by atoms with E-state index in [2.05, 4.69) is 0 Å². The van der Waals surface area contributed by atoms with Crippen LogP contribution in [-0.2, 0) is 10.2 Å². The van der Waals surface area contributed by atoms with Crippen LogP contribution >= 0.6 is 0 Å². The average molecular weight is 207 g/mol. The third-order valence-corrected chi connectivity index (χ3v) is 3.24. The van der Waals surface area contributed by atoms with Gasteiger partial charge in [0.2, 0.25) is 0 Å². The van der Waals surface area contributed by atoms with Crippen LogP contribution in [0.2, 0.25) is 0 Å². The fourth-order valence-electron chi connectivity index (χ4n) is 1.42. The zero-order valence-corrected chi connectivity index (χ0v) is 9.32. The molecule has 82 valence electrons. The Morgan fingerprint density at radius 2 is 1.67 bits per heavy atom. The highest BCUT2D eigenvalue weighted by Gasteiger charge is 2.45. The molecule has 0 saturated carbocycles. The molecule has 3 heteroatoms. The number of aliphatic carboxylic acids is 1. The van der Waals surface area contributed by atoms with Crippen molar-refractivity contribution in [1.29, 1.82) is 0 Å². The van der Waals surface area contributed by atoms with Crippen molar-refractivity contribution in [2.75, 3.05) is 0 Å². The molecule has 1 rings (SSSR count). The summed E-state index contributed by atoms with van der Waals surface area (Å²) in [6.45, 7) is 5.23. The molecule has 0 aromatic heterocycles. The summed E-state index contributed by atoms with van der Waals surface area (Å²) in [6.07, 6.45) is 0. The van der Waals surface area contributed by atoms with Crippen LogP contribution in [0.4, 0.5) is 0 Å². The molecule has 1 aromatic rings. The van der Waals surface area contributed by atoms with Crippen molar-refractivity contribution in [1.82, 2.24) is 0 Å². The first-order valence-electron chi connectivity index (χ1n) is 4.88. The van der Waals surface area contributed by atoms with Gasteiger partial charge < -0.3 is 10.8 Å². The summed E-state index contributed by atoms with van der Waals surface area (Å²) in [5.41, 5.74) is 4.90. The van der Waals surface area contributed by atoms with Gasteiger partial charge in [0.25, 0.3) is 0 Å². The van der Waals surface area contributed by atoms with Gasteiger partial charge in [0.15, 0.2) is 0 Å². The maximum absolute atomic E-state index is 11.1. The summed E-state index contributed by atoms with van der Waals surface area (Å²) in [5, 5.41) is 9.11. The summed E-state index contributed by atoms with van der Waals surface area (Å²) >= 11 is 0. The smallest absolute Gasteiger partial charge is 0.324 e. The molecule has 0 heterocycles. The first kappa shape index (κ1) is 11.7. The Bertz CT molecular complexity index is 355. The highest BCUT2D eigenvalue weighted by Crippen LogP contribution is 2.33. The van der Waals surface area contributed by atoms with Crippen molar-refractivity contribution in [3.63, 3.8) is 0 Å². The van der Waals surface area contributed by atoms with Crippen molar-refractivity contribution < 1.29 is 9.90 Å². The van der Waals surface area contributed by atoms with Gasteiger partial charge in [-0.1, -0.05) is 44.2 Å². The molecule has 0 amide bonds. The monoisotopic (exact) mass is 207 g/mol. The maximum atomic E-state index is 11.1. The fourth-order valence-corrected chi connectivity index (χ4v) is 1.42. The molecule has 0 spiro atoms. The zero-order valence-electron chi connectivity index (χ0n) is 9.32. The molecule has 1 atom stereocenters. The highest BCUT2D eigenvalue weighted by molar-refractivity contribution is 5.80. The van der Waals surface area contributed by atoms with Crippen LogP contribution in [0.5, 0.6) is 0 Å². The minimum absolute atomic E-state index is 0.611. The van der Waals surface area contributed by atoms with E-state index in [0.717, 1.165) is 5.56 Å². The second kappa shape index (κ2) is 3.66. The highest BCUT2D eigenvalue weighted by atomic mass is 16.4. The van der Waals surface area contributed by atoms with Crippen LogP contribution in [-0.4, -0.2) is 16.6 Å². The summed E-state index contributed by atoms with van der Waals surface area (Å²) in [4.78, 5) is 11.1. The van der Waals surface area contributed by atoms with E-state index in [1.807, 2.05) is 44.2 Å². The van der Waals surface area contributed by atoms with Crippen molar-refractivity contribution >= 4 is 5.97 Å². The quantitative estimate of drug-likeness (QED) is 0.794. The molecule has 0 aliphatic rings. The molecule has 0 radical (unpaired) electrons. The molecule has 0 bridgehead atoms. The van der Waals surface area contributed by atoms with Gasteiger partial charge in [-0.05, 0) is 12.5 Å². The molecule has 0 unspecified atom stereocenters. The van der Waals surface area contributed by atoms with E-state index in [1.54, 1.807) is 6.92 Å². The fraction of sp³-hybridized carbons (Fsp3) is 0.417. The van der Waals surface area contributed by atoms with Gasteiger partial charge in [-0.2, -0.15) is 0 Å². The number of hydrogen-bond acceptors (Lipinski definition) is 2. The molecule has 3 nitrogen and oxygen atoms in total. The maximum Gasteiger partial charge on any atom is 0.324 e. The Labute approximate surface area is 89.9 Å². The van der Waals surface area contributed by atoms with Gasteiger partial charge >= 0.3 is 5.97 Å². The van der Waals surface area contributed by atoms with Gasteiger partial charge in [-0.25, -0.2) is 0 Å². The lowest BCUT2D eigenvalue weighted by molar-refractivity contribution is -0.145. The lowest BCUT2D eigenvalue weighted by atomic mass is 9.69. The third kappa shape index (κ3) is 1.88. The first-order valence-corrected chi connectivity index (χ1v) is 4.88. The lowest BCUT2D eigenvalue weighted by Crippen LogP contribution is -2.58. The van der Waals surface area contributed by atoms with Gasteiger partial charge in [0.1, 0.15) is 5.54 Å². The Kier molecular flexibility index (Phi) is 2.86. The summed E-state index contributed by atoms with van der Waals surface area (Å²) in [5.74, 6) is -0.989. The standard InChI is InChI=1S/C12H17NO2/c1-11(2,12(3,13)10(14)15)9-7-5-4-6-8-9/h4-8H,13H2,1-3H3,(H,14,15)/t12-/m1/s1. The minimum Gasteiger partial charge on any atom is -0.480 e. The largest absolute Gasteiger partial charge is 0.480 e. The average Bonchev–Trinajstić information content (AvgIpc) is 2.18. The lowest BCUT2D eigenvalue weighted by Gasteiger charge is -2.38. The minimum atomic E-state index is -1.28. The second-order valence-electron chi connectivity index (χ2n) is 4.50. The molecule has 0 aliphatic carbocycles. The van der Waals surface area contributed by atoms with E-state index in [1.165, 1.54) is 0 Å². The Balaban J connectivity index is 3.19. The van der Waals surface area contributed by atoms with E-state index in [4.69, 9.17) is 10.8 Å². The number of nitrogens with two attached hydrogens (primary N) is 1. The van der Waals surface area contributed by atoms with Gasteiger partial charge in [-0.15, -0.1) is 0 Å². The van der Waals surface area contributed by atoms with Crippen molar-refractivity contribution in [3.8, 4) is 0 Å². The number of benzene rings is 1. The Morgan fingerprint density at radius 1 is 1.20 bits per heavy atom. The van der Waals surface area contributed by atoms with Crippen LogP contribution in [0.15, 0.2) is 30.3 Å². The third-order valence-electron chi connectivity index (χ3n) is 3.24. The van der Waals surface area contributed by atoms with Crippen molar-refractivity contribution in [3.05, 3.63) is 35.9 Å². The number of rotatable bonds is 3. The molecule has 0 fully saturated rings. The van der Waals surface area contributed by atoms with E-state index in [9.17, 15) is 4.79 Å². The number of hydrogen-bond donors (Lipinski definition) is 2. The van der Waals surface area contributed by atoms with Crippen molar-refractivity contribution in [2.45, 2.75) is 31.7 Å². The van der Waals surface area contributed by atoms with E-state index in [0.29, 0.717) is 0 Å². The summed E-state index contributed by atoms with van der Waals surface area (Å²) in [7, 11) is 0. The van der Waals surface area contributed by atoms with E-state index in [-0.39, 0.29) is 0 Å². The number of carboxylic acid groups (broad SMARTS) is 1. The van der Waals surface area contributed by atoms with E-state index >= 15 is 0 Å². The SMILES string of the molecule is CC(C)(c1ccccc1)[C@](C)(N)C(=O)O. The molecule has 3 N–H and O–H groups in total.